The molecule has 3 nitrogen and oxygen atoms in total. The van der Waals surface area contributed by atoms with Crippen LogP contribution in [0.2, 0.25) is 0 Å². The monoisotopic (exact) mass is 286 g/mol. The average molecular weight is 286 g/mol. The van der Waals surface area contributed by atoms with Crippen molar-refractivity contribution in [3.05, 3.63) is 65.0 Å². The number of rotatable bonds is 5. The zero-order valence-corrected chi connectivity index (χ0v) is 12.2. The van der Waals surface area contributed by atoms with Crippen molar-refractivity contribution in [1.29, 1.82) is 0 Å². The third kappa shape index (κ3) is 4.05. The summed E-state index contributed by atoms with van der Waals surface area (Å²) in [6.07, 6.45) is 0.601. The Balaban J connectivity index is 1.96. The van der Waals surface area contributed by atoms with Crippen LogP contribution >= 0.6 is 0 Å². The Morgan fingerprint density at radius 2 is 2.00 bits per heavy atom. The molecule has 0 saturated carbocycles. The Labute approximate surface area is 124 Å². The van der Waals surface area contributed by atoms with Crippen LogP contribution in [0.4, 0.5) is 10.1 Å². The zero-order valence-electron chi connectivity index (χ0n) is 12.2. The Hall–Kier alpha value is -2.36. The summed E-state index contributed by atoms with van der Waals surface area (Å²) < 4.78 is 13.1. The predicted molar refractivity (Wildman–Crippen MR) is 83.2 cm³/mol. The van der Waals surface area contributed by atoms with Crippen molar-refractivity contribution in [2.24, 2.45) is 0 Å². The third-order valence-electron chi connectivity index (χ3n) is 3.28. The van der Waals surface area contributed by atoms with Crippen molar-refractivity contribution in [3.63, 3.8) is 0 Å². The van der Waals surface area contributed by atoms with Crippen molar-refractivity contribution < 1.29 is 9.18 Å². The van der Waals surface area contributed by atoms with Gasteiger partial charge in [0.25, 0.3) is 5.91 Å². The van der Waals surface area contributed by atoms with E-state index in [-0.39, 0.29) is 11.7 Å². The highest BCUT2D eigenvalue weighted by Crippen LogP contribution is 2.16. The van der Waals surface area contributed by atoms with Crippen LogP contribution in [0.25, 0.3) is 0 Å². The first kappa shape index (κ1) is 15.0. The lowest BCUT2D eigenvalue weighted by atomic mass is 10.1. The topological polar surface area (TPSA) is 41.1 Å². The molecule has 4 heteroatoms. The number of carbonyl (C=O) groups excluding carboxylic acids is 1. The molecular formula is C17H19FN2O. The smallest absolute Gasteiger partial charge is 0.253 e. The SMILES string of the molecule is CNc1cc(C)ccc1C(=O)NCCc1cccc(F)c1. The normalized spacial score (nSPS) is 10.2. The Morgan fingerprint density at radius 3 is 2.71 bits per heavy atom. The molecule has 0 aliphatic heterocycles. The minimum Gasteiger partial charge on any atom is -0.387 e. The second kappa shape index (κ2) is 6.88. The van der Waals surface area contributed by atoms with Crippen molar-refractivity contribution >= 4 is 11.6 Å². The summed E-state index contributed by atoms with van der Waals surface area (Å²) in [5.74, 6) is -0.384. The molecule has 0 aliphatic rings. The second-order valence-corrected chi connectivity index (χ2v) is 4.93. The van der Waals surface area contributed by atoms with Crippen LogP contribution in [0, 0.1) is 12.7 Å². The Kier molecular flexibility index (Phi) is 4.93. The number of anilines is 1. The molecule has 21 heavy (non-hydrogen) atoms. The van der Waals surface area contributed by atoms with Crippen molar-refractivity contribution in [3.8, 4) is 0 Å². The highest BCUT2D eigenvalue weighted by Gasteiger charge is 2.10. The predicted octanol–water partition coefficient (Wildman–Crippen LogP) is 3.15. The summed E-state index contributed by atoms with van der Waals surface area (Å²) in [5, 5.41) is 5.88. The molecule has 110 valence electrons. The van der Waals surface area contributed by atoms with Crippen LogP contribution in [0.15, 0.2) is 42.5 Å². The molecule has 0 aliphatic carbocycles. The van der Waals surface area contributed by atoms with Crippen LogP contribution < -0.4 is 10.6 Å². The number of aryl methyl sites for hydroxylation is 1. The van der Waals surface area contributed by atoms with E-state index in [1.165, 1.54) is 12.1 Å². The first-order chi connectivity index (χ1) is 10.1. The van der Waals surface area contributed by atoms with Gasteiger partial charge in [0.05, 0.1) is 5.56 Å². The molecule has 2 N–H and O–H groups in total. The highest BCUT2D eigenvalue weighted by molar-refractivity contribution is 5.99. The maximum Gasteiger partial charge on any atom is 0.253 e. The average Bonchev–Trinajstić information content (AvgIpc) is 2.47. The number of amides is 1. The molecule has 2 rings (SSSR count). The molecule has 0 atom stereocenters. The van der Waals surface area contributed by atoms with E-state index >= 15 is 0 Å². The molecule has 0 heterocycles. The second-order valence-electron chi connectivity index (χ2n) is 4.93. The van der Waals surface area contributed by atoms with Crippen LogP contribution in [-0.4, -0.2) is 19.5 Å². The zero-order chi connectivity index (χ0) is 15.2. The van der Waals surface area contributed by atoms with E-state index < -0.39 is 0 Å². The van der Waals surface area contributed by atoms with E-state index in [0.29, 0.717) is 18.5 Å². The van der Waals surface area contributed by atoms with E-state index in [4.69, 9.17) is 0 Å². The van der Waals surface area contributed by atoms with Crippen LogP contribution in [-0.2, 0) is 6.42 Å². The molecule has 2 aromatic carbocycles. The van der Waals surface area contributed by atoms with E-state index in [1.807, 2.05) is 25.1 Å². The first-order valence-electron chi connectivity index (χ1n) is 6.91. The third-order valence-corrected chi connectivity index (χ3v) is 3.28. The summed E-state index contributed by atoms with van der Waals surface area (Å²) in [7, 11) is 1.79. The van der Waals surface area contributed by atoms with Crippen molar-refractivity contribution in [2.45, 2.75) is 13.3 Å². The molecule has 0 fully saturated rings. The van der Waals surface area contributed by atoms with E-state index in [2.05, 4.69) is 10.6 Å². The van der Waals surface area contributed by atoms with Gasteiger partial charge in [-0.15, -0.1) is 0 Å². The van der Waals surface area contributed by atoms with Gasteiger partial charge in [0.15, 0.2) is 0 Å². The van der Waals surface area contributed by atoms with Gasteiger partial charge in [-0.3, -0.25) is 4.79 Å². The maximum absolute atomic E-state index is 13.1. The molecule has 0 spiro atoms. The van der Waals surface area contributed by atoms with Crippen molar-refractivity contribution in [1.82, 2.24) is 5.32 Å². The van der Waals surface area contributed by atoms with Gasteiger partial charge in [-0.1, -0.05) is 18.2 Å². The number of halogens is 1. The first-order valence-corrected chi connectivity index (χ1v) is 6.91. The molecule has 2 aromatic rings. The Bertz CT molecular complexity index is 640. The van der Waals surface area contributed by atoms with Gasteiger partial charge < -0.3 is 10.6 Å². The molecule has 0 unspecified atom stereocenters. The molecule has 0 bridgehead atoms. The lowest BCUT2D eigenvalue weighted by Crippen LogP contribution is -2.26. The van der Waals surface area contributed by atoms with Gasteiger partial charge in [-0.05, 0) is 48.7 Å². The van der Waals surface area contributed by atoms with Gasteiger partial charge in [0, 0.05) is 19.3 Å². The molecule has 0 radical (unpaired) electrons. The van der Waals surface area contributed by atoms with Gasteiger partial charge in [0.2, 0.25) is 0 Å². The van der Waals surface area contributed by atoms with Crippen LogP contribution in [0.3, 0.4) is 0 Å². The summed E-state index contributed by atoms with van der Waals surface area (Å²) in [4.78, 5) is 12.2. The minimum atomic E-state index is -0.255. The number of hydrogen-bond acceptors (Lipinski definition) is 2. The van der Waals surface area contributed by atoms with E-state index in [9.17, 15) is 9.18 Å². The summed E-state index contributed by atoms with van der Waals surface area (Å²) in [6.45, 7) is 2.45. The standard InChI is InChI=1S/C17H19FN2O/c1-12-6-7-15(16(10-12)19-2)17(21)20-9-8-13-4-3-5-14(18)11-13/h3-7,10-11,19H,8-9H2,1-2H3,(H,20,21). The fourth-order valence-electron chi connectivity index (χ4n) is 2.17. The fourth-order valence-corrected chi connectivity index (χ4v) is 2.17. The van der Waals surface area contributed by atoms with E-state index in [1.54, 1.807) is 19.2 Å². The summed E-state index contributed by atoms with van der Waals surface area (Å²) in [6, 6.07) is 12.1. The van der Waals surface area contributed by atoms with Gasteiger partial charge in [-0.2, -0.15) is 0 Å². The van der Waals surface area contributed by atoms with E-state index in [0.717, 1.165) is 16.8 Å². The number of benzene rings is 2. The Morgan fingerprint density at radius 1 is 1.19 bits per heavy atom. The lowest BCUT2D eigenvalue weighted by molar-refractivity contribution is 0.0955. The highest BCUT2D eigenvalue weighted by atomic mass is 19.1. The minimum absolute atomic E-state index is 0.129. The van der Waals surface area contributed by atoms with Crippen LogP contribution in [0.5, 0.6) is 0 Å². The largest absolute Gasteiger partial charge is 0.387 e. The van der Waals surface area contributed by atoms with Crippen LogP contribution in [0.1, 0.15) is 21.5 Å². The summed E-state index contributed by atoms with van der Waals surface area (Å²) >= 11 is 0. The molecule has 0 saturated heterocycles. The lowest BCUT2D eigenvalue weighted by Gasteiger charge is -2.11. The molecule has 1 amide bonds. The van der Waals surface area contributed by atoms with Gasteiger partial charge in [-0.25, -0.2) is 4.39 Å². The van der Waals surface area contributed by atoms with Gasteiger partial charge >= 0.3 is 0 Å². The molecular weight excluding hydrogens is 267 g/mol. The number of hydrogen-bond donors (Lipinski definition) is 2. The van der Waals surface area contributed by atoms with Gasteiger partial charge in [0.1, 0.15) is 5.82 Å². The van der Waals surface area contributed by atoms with Crippen molar-refractivity contribution in [2.75, 3.05) is 18.9 Å². The maximum atomic E-state index is 13.1. The fraction of sp³-hybridized carbons (Fsp3) is 0.235. The number of carbonyl (C=O) groups is 1. The quantitative estimate of drug-likeness (QED) is 0.886. The number of nitrogens with one attached hydrogen (secondary N) is 2. The molecule has 0 aromatic heterocycles. The summed E-state index contributed by atoms with van der Waals surface area (Å²) in [5.41, 5.74) is 3.38.